The van der Waals surface area contributed by atoms with Crippen molar-refractivity contribution in [1.82, 2.24) is 4.90 Å². The quantitative estimate of drug-likeness (QED) is 0.835. The fraction of sp³-hybridized carbons (Fsp3) is 0.733. The number of hydrogen-bond donors (Lipinski definition) is 1. The van der Waals surface area contributed by atoms with E-state index in [1.165, 1.54) is 12.7 Å². The smallest absolute Gasteiger partial charge is 0.326 e. The number of piperidine rings is 1. The maximum atomic E-state index is 12.7. The Morgan fingerprint density at radius 3 is 2.67 bits per heavy atom. The minimum Gasteiger partial charge on any atom is -0.494 e. The molecule has 0 aromatic rings. The van der Waals surface area contributed by atoms with E-state index < -0.39 is 12.0 Å². The Morgan fingerprint density at radius 1 is 1.14 bits per heavy atom. The first-order chi connectivity index (χ1) is 10.2. The number of amides is 1. The average molecular weight is 295 g/mol. The lowest BCUT2D eigenvalue weighted by molar-refractivity contribution is -0.158. The van der Waals surface area contributed by atoms with Gasteiger partial charge < -0.3 is 19.5 Å². The molecule has 3 aliphatic rings. The fourth-order valence-corrected chi connectivity index (χ4v) is 3.78. The van der Waals surface area contributed by atoms with Crippen LogP contribution in [0, 0.1) is 5.92 Å². The summed E-state index contributed by atoms with van der Waals surface area (Å²) in [5, 5.41) is 9.46. The van der Waals surface area contributed by atoms with E-state index in [9.17, 15) is 14.7 Å². The van der Waals surface area contributed by atoms with Crippen LogP contribution in [-0.2, 0) is 19.1 Å². The molecule has 2 aliphatic heterocycles. The number of hydrogen-bond acceptors (Lipinski definition) is 4. The van der Waals surface area contributed by atoms with E-state index in [-0.39, 0.29) is 17.7 Å². The Hall–Kier alpha value is -1.72. The molecule has 0 bridgehead atoms. The molecule has 1 saturated carbocycles. The largest absolute Gasteiger partial charge is 0.494 e. The molecular formula is C15H21NO5. The Morgan fingerprint density at radius 2 is 1.95 bits per heavy atom. The highest BCUT2D eigenvalue weighted by atomic mass is 16.6. The zero-order chi connectivity index (χ0) is 14.8. The monoisotopic (exact) mass is 295 g/mol. The summed E-state index contributed by atoms with van der Waals surface area (Å²) in [5.41, 5.74) is 0. The average Bonchev–Trinajstić information content (AvgIpc) is 2.53. The van der Waals surface area contributed by atoms with E-state index in [1.54, 1.807) is 4.90 Å². The minimum atomic E-state index is -0.926. The summed E-state index contributed by atoms with van der Waals surface area (Å²) in [6, 6.07) is -0.726. The molecule has 3 rings (SSSR count). The van der Waals surface area contributed by atoms with Crippen molar-refractivity contribution < 1.29 is 24.2 Å². The topological polar surface area (TPSA) is 76.1 Å². The second-order valence-electron chi connectivity index (χ2n) is 5.96. The highest BCUT2D eigenvalue weighted by molar-refractivity contribution is 5.94. The summed E-state index contributed by atoms with van der Waals surface area (Å²) < 4.78 is 10.5. The maximum absolute atomic E-state index is 12.7. The Balaban J connectivity index is 1.86. The third-order valence-electron chi connectivity index (χ3n) is 4.75. The van der Waals surface area contributed by atoms with Crippen molar-refractivity contribution in [2.75, 3.05) is 13.2 Å². The lowest BCUT2D eigenvalue weighted by Gasteiger charge is -2.47. The second-order valence-corrected chi connectivity index (χ2v) is 5.96. The summed E-state index contributed by atoms with van der Waals surface area (Å²) in [6.45, 7) is 0.752. The van der Waals surface area contributed by atoms with Crippen LogP contribution in [0.4, 0.5) is 0 Å². The lowest BCUT2D eigenvalue weighted by Crippen LogP contribution is -2.58. The molecule has 1 aliphatic carbocycles. The van der Waals surface area contributed by atoms with Crippen LogP contribution in [0.5, 0.6) is 0 Å². The van der Waals surface area contributed by atoms with Gasteiger partial charge in [0.25, 0.3) is 5.91 Å². The Kier molecular flexibility index (Phi) is 4.03. The van der Waals surface area contributed by atoms with Crippen molar-refractivity contribution >= 4 is 11.9 Å². The summed E-state index contributed by atoms with van der Waals surface area (Å²) >= 11 is 0. The van der Waals surface area contributed by atoms with E-state index in [0.717, 1.165) is 25.7 Å². The van der Waals surface area contributed by atoms with Crippen LogP contribution in [0.1, 0.15) is 38.5 Å². The Bertz CT molecular complexity index is 461. The van der Waals surface area contributed by atoms with Crippen LogP contribution in [-0.4, -0.2) is 47.2 Å². The van der Waals surface area contributed by atoms with Gasteiger partial charge in [0.15, 0.2) is 0 Å². The van der Waals surface area contributed by atoms with Gasteiger partial charge in [-0.15, -0.1) is 0 Å². The van der Waals surface area contributed by atoms with Crippen molar-refractivity contribution in [3.63, 3.8) is 0 Å². The third kappa shape index (κ3) is 2.71. The molecule has 0 aromatic heterocycles. The van der Waals surface area contributed by atoms with Crippen LogP contribution in [0.3, 0.4) is 0 Å². The molecule has 21 heavy (non-hydrogen) atoms. The molecule has 6 nitrogen and oxygen atoms in total. The van der Waals surface area contributed by atoms with Crippen LogP contribution in [0.2, 0.25) is 0 Å². The zero-order valence-corrected chi connectivity index (χ0v) is 12.0. The van der Waals surface area contributed by atoms with Gasteiger partial charge in [-0.2, -0.15) is 0 Å². The Labute approximate surface area is 123 Å². The summed E-state index contributed by atoms with van der Waals surface area (Å²) in [4.78, 5) is 25.8. The van der Waals surface area contributed by atoms with E-state index in [0.29, 0.717) is 25.6 Å². The van der Waals surface area contributed by atoms with Crippen LogP contribution in [0.15, 0.2) is 12.0 Å². The number of nitrogens with zero attached hydrogens (tertiary/aromatic N) is 1. The predicted octanol–water partition coefficient (Wildman–Crippen LogP) is 1.51. The molecule has 2 fully saturated rings. The number of fused-ring (bicyclic) bond motifs is 1. The number of carbonyl (C=O) groups is 2. The highest BCUT2D eigenvalue weighted by Crippen LogP contribution is 2.38. The summed E-state index contributed by atoms with van der Waals surface area (Å²) in [6.07, 6.45) is 6.91. The van der Waals surface area contributed by atoms with Crippen molar-refractivity contribution in [3.8, 4) is 0 Å². The van der Waals surface area contributed by atoms with Gasteiger partial charge in [-0.1, -0.05) is 12.8 Å². The molecule has 3 unspecified atom stereocenters. The van der Waals surface area contributed by atoms with Crippen molar-refractivity contribution in [3.05, 3.63) is 12.0 Å². The van der Waals surface area contributed by atoms with Gasteiger partial charge in [-0.05, 0) is 31.6 Å². The molecule has 3 atom stereocenters. The van der Waals surface area contributed by atoms with Gasteiger partial charge in [-0.3, -0.25) is 4.79 Å². The number of ether oxygens (including phenoxy) is 2. The molecule has 6 heteroatoms. The first-order valence-electron chi connectivity index (χ1n) is 7.68. The lowest BCUT2D eigenvalue weighted by atomic mass is 9.76. The number of carbonyl (C=O) groups excluding carboxylic acids is 1. The highest BCUT2D eigenvalue weighted by Gasteiger charge is 2.45. The van der Waals surface area contributed by atoms with E-state index in [1.807, 2.05) is 0 Å². The number of rotatable bonds is 2. The van der Waals surface area contributed by atoms with Crippen molar-refractivity contribution in [2.45, 2.75) is 50.6 Å². The van der Waals surface area contributed by atoms with Crippen LogP contribution in [0.25, 0.3) is 0 Å². The van der Waals surface area contributed by atoms with Crippen molar-refractivity contribution in [2.24, 2.45) is 5.92 Å². The molecule has 0 radical (unpaired) electrons. The molecular weight excluding hydrogens is 274 g/mol. The number of carboxylic acid groups (broad SMARTS) is 1. The van der Waals surface area contributed by atoms with E-state index >= 15 is 0 Å². The van der Waals surface area contributed by atoms with Gasteiger partial charge in [0, 0.05) is 6.04 Å². The number of aliphatic carboxylic acids is 1. The van der Waals surface area contributed by atoms with Gasteiger partial charge in [0.2, 0.25) is 5.76 Å². The third-order valence-corrected chi connectivity index (χ3v) is 4.75. The summed E-state index contributed by atoms with van der Waals surface area (Å²) in [7, 11) is 0. The molecule has 1 amide bonds. The van der Waals surface area contributed by atoms with E-state index in [4.69, 9.17) is 9.47 Å². The predicted molar refractivity (Wildman–Crippen MR) is 73.2 cm³/mol. The molecule has 1 saturated heterocycles. The first-order valence-corrected chi connectivity index (χ1v) is 7.68. The van der Waals surface area contributed by atoms with Gasteiger partial charge >= 0.3 is 5.97 Å². The van der Waals surface area contributed by atoms with E-state index in [2.05, 4.69) is 0 Å². The fourth-order valence-electron chi connectivity index (χ4n) is 3.78. The SMILES string of the molecule is O=C(O)C1CCC2CCCCC2N1C(=O)C1=COCCO1. The maximum Gasteiger partial charge on any atom is 0.326 e. The molecule has 0 aromatic carbocycles. The minimum absolute atomic E-state index is 0.0209. The van der Waals surface area contributed by atoms with Crippen LogP contribution >= 0.6 is 0 Å². The zero-order valence-electron chi connectivity index (χ0n) is 12.0. The van der Waals surface area contributed by atoms with Crippen molar-refractivity contribution in [1.29, 1.82) is 0 Å². The van der Waals surface area contributed by atoms with Gasteiger partial charge in [-0.25, -0.2) is 4.79 Å². The molecule has 0 spiro atoms. The molecule has 1 N–H and O–H groups in total. The van der Waals surface area contributed by atoms with Gasteiger partial charge in [0.1, 0.15) is 25.5 Å². The number of carboxylic acids is 1. The van der Waals surface area contributed by atoms with Gasteiger partial charge in [0.05, 0.1) is 0 Å². The molecule has 116 valence electrons. The number of likely N-dealkylation sites (tertiary alicyclic amines) is 1. The standard InChI is InChI=1S/C15H21NO5/c17-14(13-9-20-7-8-21-13)16-11-4-2-1-3-10(11)5-6-12(16)15(18)19/h9-12H,1-8H2,(H,18,19). The normalized spacial score (nSPS) is 32.3. The summed E-state index contributed by atoms with van der Waals surface area (Å²) in [5.74, 6) is -0.703. The van der Waals surface area contributed by atoms with Crippen LogP contribution < -0.4 is 0 Å². The molecule has 2 heterocycles. The first kappa shape index (κ1) is 14.2. The second kappa shape index (κ2) is 5.95.